The lowest BCUT2D eigenvalue weighted by Crippen LogP contribution is -2.63. The van der Waals surface area contributed by atoms with Crippen molar-refractivity contribution < 1.29 is 4.74 Å². The third-order valence-corrected chi connectivity index (χ3v) is 3.80. The third-order valence-electron chi connectivity index (χ3n) is 3.80. The molecular formula is C14H20N2O. The fourth-order valence-electron chi connectivity index (χ4n) is 2.76. The first-order chi connectivity index (χ1) is 8.33. The molecule has 0 spiro atoms. The van der Waals surface area contributed by atoms with Crippen molar-refractivity contribution >= 4 is 0 Å². The van der Waals surface area contributed by atoms with Gasteiger partial charge in [0, 0.05) is 31.7 Å². The molecule has 0 aliphatic carbocycles. The van der Waals surface area contributed by atoms with E-state index in [4.69, 9.17) is 4.74 Å². The summed E-state index contributed by atoms with van der Waals surface area (Å²) in [6.07, 6.45) is 0. The molecule has 0 amide bonds. The zero-order valence-corrected chi connectivity index (χ0v) is 10.4. The molecule has 2 fully saturated rings. The number of fused-ring (bicyclic) bond motifs is 2. The Morgan fingerprint density at radius 3 is 2.47 bits per heavy atom. The predicted octanol–water partition coefficient (Wildman–Crippen LogP) is 1.17. The van der Waals surface area contributed by atoms with Crippen molar-refractivity contribution in [2.45, 2.75) is 25.6 Å². The summed E-state index contributed by atoms with van der Waals surface area (Å²) >= 11 is 0. The summed E-state index contributed by atoms with van der Waals surface area (Å²) in [5, 5.41) is 3.49. The standard InChI is InChI=1S/C14H20N2O/c1-11-2-4-12(5-3-11)8-16-13-6-15-7-14(16)10-17-9-13/h2-5,13-15H,6-10H2,1H3/t13-,14-/m0/s1. The van der Waals surface area contributed by atoms with E-state index < -0.39 is 0 Å². The van der Waals surface area contributed by atoms with E-state index in [2.05, 4.69) is 41.4 Å². The van der Waals surface area contributed by atoms with Gasteiger partial charge in [0.15, 0.2) is 0 Å². The van der Waals surface area contributed by atoms with Crippen molar-refractivity contribution in [1.29, 1.82) is 0 Å². The first kappa shape index (κ1) is 11.2. The van der Waals surface area contributed by atoms with Crippen molar-refractivity contribution in [2.24, 2.45) is 0 Å². The van der Waals surface area contributed by atoms with Gasteiger partial charge in [0.05, 0.1) is 13.2 Å². The van der Waals surface area contributed by atoms with Gasteiger partial charge in [-0.3, -0.25) is 4.90 Å². The van der Waals surface area contributed by atoms with Gasteiger partial charge in [-0.25, -0.2) is 0 Å². The van der Waals surface area contributed by atoms with Gasteiger partial charge in [0.25, 0.3) is 0 Å². The van der Waals surface area contributed by atoms with Crippen molar-refractivity contribution in [1.82, 2.24) is 10.2 Å². The average molecular weight is 232 g/mol. The molecule has 0 saturated carbocycles. The second kappa shape index (κ2) is 4.77. The van der Waals surface area contributed by atoms with E-state index in [1.54, 1.807) is 0 Å². The van der Waals surface area contributed by atoms with Gasteiger partial charge in [-0.2, -0.15) is 0 Å². The van der Waals surface area contributed by atoms with Crippen LogP contribution in [0.3, 0.4) is 0 Å². The highest BCUT2D eigenvalue weighted by molar-refractivity contribution is 5.21. The SMILES string of the molecule is Cc1ccc(CN2[C@H]3CNC[C@H]2COC3)cc1. The quantitative estimate of drug-likeness (QED) is 0.828. The largest absolute Gasteiger partial charge is 0.378 e. The molecule has 0 aromatic heterocycles. The minimum atomic E-state index is 0.545. The highest BCUT2D eigenvalue weighted by Gasteiger charge is 2.34. The summed E-state index contributed by atoms with van der Waals surface area (Å²) in [5.74, 6) is 0. The molecule has 0 radical (unpaired) electrons. The van der Waals surface area contributed by atoms with E-state index in [0.717, 1.165) is 32.8 Å². The van der Waals surface area contributed by atoms with Gasteiger partial charge in [0.1, 0.15) is 0 Å². The Labute approximate surface area is 103 Å². The van der Waals surface area contributed by atoms with Crippen molar-refractivity contribution in [2.75, 3.05) is 26.3 Å². The highest BCUT2D eigenvalue weighted by atomic mass is 16.5. The number of ether oxygens (including phenoxy) is 1. The molecule has 0 unspecified atom stereocenters. The molecule has 2 aliphatic heterocycles. The van der Waals surface area contributed by atoms with Crippen LogP contribution in [0.5, 0.6) is 0 Å². The summed E-state index contributed by atoms with van der Waals surface area (Å²) < 4.78 is 5.64. The van der Waals surface area contributed by atoms with Gasteiger partial charge in [0.2, 0.25) is 0 Å². The lowest BCUT2D eigenvalue weighted by atomic mass is 10.0. The molecule has 3 rings (SSSR count). The maximum absolute atomic E-state index is 5.64. The number of rotatable bonds is 2. The maximum Gasteiger partial charge on any atom is 0.0635 e. The predicted molar refractivity (Wildman–Crippen MR) is 68.0 cm³/mol. The molecule has 3 heteroatoms. The first-order valence-corrected chi connectivity index (χ1v) is 6.42. The lowest BCUT2D eigenvalue weighted by Gasteiger charge is -2.46. The summed E-state index contributed by atoms with van der Waals surface area (Å²) in [6, 6.07) is 9.97. The Kier molecular flexibility index (Phi) is 3.14. The average Bonchev–Trinajstić information content (AvgIpc) is 2.32. The molecule has 2 saturated heterocycles. The number of hydrogen-bond donors (Lipinski definition) is 1. The van der Waals surface area contributed by atoms with E-state index in [9.17, 15) is 0 Å². The van der Waals surface area contributed by atoms with Crippen LogP contribution in [0.2, 0.25) is 0 Å². The second-order valence-corrected chi connectivity index (χ2v) is 5.16. The number of nitrogens with zero attached hydrogens (tertiary/aromatic N) is 1. The number of benzene rings is 1. The Balaban J connectivity index is 1.73. The Hall–Kier alpha value is -0.900. The fraction of sp³-hybridized carbons (Fsp3) is 0.571. The normalized spacial score (nSPS) is 29.2. The zero-order chi connectivity index (χ0) is 11.7. The summed E-state index contributed by atoms with van der Waals surface area (Å²) in [5.41, 5.74) is 2.74. The lowest BCUT2D eigenvalue weighted by molar-refractivity contribution is -0.0689. The molecule has 2 heterocycles. The van der Waals surface area contributed by atoms with E-state index in [0.29, 0.717) is 12.1 Å². The molecule has 92 valence electrons. The monoisotopic (exact) mass is 232 g/mol. The Bertz CT molecular complexity index is 354. The van der Waals surface area contributed by atoms with Crippen LogP contribution in [0.25, 0.3) is 0 Å². The van der Waals surface area contributed by atoms with Gasteiger partial charge in [-0.15, -0.1) is 0 Å². The Morgan fingerprint density at radius 1 is 1.18 bits per heavy atom. The molecule has 2 aliphatic rings. The van der Waals surface area contributed by atoms with Gasteiger partial charge < -0.3 is 10.1 Å². The minimum Gasteiger partial charge on any atom is -0.378 e. The van der Waals surface area contributed by atoms with Crippen LogP contribution in [0, 0.1) is 6.92 Å². The second-order valence-electron chi connectivity index (χ2n) is 5.16. The molecule has 17 heavy (non-hydrogen) atoms. The van der Waals surface area contributed by atoms with Crippen LogP contribution >= 0.6 is 0 Å². The van der Waals surface area contributed by atoms with E-state index >= 15 is 0 Å². The number of morpholine rings is 1. The first-order valence-electron chi connectivity index (χ1n) is 6.42. The molecule has 2 bridgehead atoms. The molecule has 1 aromatic rings. The van der Waals surface area contributed by atoms with Crippen LogP contribution in [-0.2, 0) is 11.3 Å². The number of aryl methyl sites for hydroxylation is 1. The maximum atomic E-state index is 5.64. The molecule has 1 N–H and O–H groups in total. The van der Waals surface area contributed by atoms with Crippen LogP contribution in [0.1, 0.15) is 11.1 Å². The fourth-order valence-corrected chi connectivity index (χ4v) is 2.76. The minimum absolute atomic E-state index is 0.545. The molecular weight excluding hydrogens is 212 g/mol. The van der Waals surface area contributed by atoms with Crippen LogP contribution in [-0.4, -0.2) is 43.3 Å². The van der Waals surface area contributed by atoms with Gasteiger partial charge in [-0.05, 0) is 12.5 Å². The van der Waals surface area contributed by atoms with Crippen LogP contribution in [0.4, 0.5) is 0 Å². The number of nitrogens with one attached hydrogen (secondary N) is 1. The zero-order valence-electron chi connectivity index (χ0n) is 10.4. The number of hydrogen-bond acceptors (Lipinski definition) is 3. The summed E-state index contributed by atoms with van der Waals surface area (Å²) in [6.45, 7) is 7.05. The van der Waals surface area contributed by atoms with Crippen LogP contribution in [0.15, 0.2) is 24.3 Å². The van der Waals surface area contributed by atoms with E-state index in [1.807, 2.05) is 0 Å². The third kappa shape index (κ3) is 2.37. The van der Waals surface area contributed by atoms with E-state index in [1.165, 1.54) is 11.1 Å². The van der Waals surface area contributed by atoms with Crippen LogP contribution < -0.4 is 5.32 Å². The molecule has 1 aromatic carbocycles. The summed E-state index contributed by atoms with van der Waals surface area (Å²) in [4.78, 5) is 2.60. The smallest absolute Gasteiger partial charge is 0.0635 e. The number of piperazine rings is 1. The van der Waals surface area contributed by atoms with Crippen molar-refractivity contribution in [3.8, 4) is 0 Å². The Morgan fingerprint density at radius 2 is 1.82 bits per heavy atom. The van der Waals surface area contributed by atoms with Crippen molar-refractivity contribution in [3.63, 3.8) is 0 Å². The van der Waals surface area contributed by atoms with Gasteiger partial charge >= 0.3 is 0 Å². The van der Waals surface area contributed by atoms with E-state index in [-0.39, 0.29) is 0 Å². The molecule has 3 nitrogen and oxygen atoms in total. The summed E-state index contributed by atoms with van der Waals surface area (Å²) in [7, 11) is 0. The molecule has 2 atom stereocenters. The van der Waals surface area contributed by atoms with Crippen molar-refractivity contribution in [3.05, 3.63) is 35.4 Å². The highest BCUT2D eigenvalue weighted by Crippen LogP contribution is 2.19. The topological polar surface area (TPSA) is 24.5 Å². The van der Waals surface area contributed by atoms with Gasteiger partial charge in [-0.1, -0.05) is 29.8 Å².